The lowest BCUT2D eigenvalue weighted by molar-refractivity contribution is 0.282. The van der Waals surface area contributed by atoms with Crippen LogP contribution in [-0.4, -0.2) is 20.6 Å². The lowest BCUT2D eigenvalue weighted by Gasteiger charge is -2.37. The number of benzene rings is 3. The minimum Gasteiger partial charge on any atom is -0.497 e. The van der Waals surface area contributed by atoms with Gasteiger partial charge in [-0.15, -0.1) is 0 Å². The van der Waals surface area contributed by atoms with Crippen LogP contribution in [0, 0.1) is 5.92 Å². The van der Waals surface area contributed by atoms with E-state index in [0.29, 0.717) is 17.4 Å². The quantitative estimate of drug-likeness (QED) is 0.458. The van der Waals surface area contributed by atoms with Gasteiger partial charge in [0.1, 0.15) is 5.75 Å². The summed E-state index contributed by atoms with van der Waals surface area (Å²) in [6, 6.07) is 20.2. The van der Waals surface area contributed by atoms with E-state index in [0.717, 1.165) is 28.8 Å². The number of anilines is 2. The van der Waals surface area contributed by atoms with Crippen LogP contribution in [0.3, 0.4) is 0 Å². The Kier molecular flexibility index (Phi) is 5.60. The molecular formula is C26H26N2O4S. The first kappa shape index (κ1) is 21.6. The van der Waals surface area contributed by atoms with Crippen LogP contribution in [0.1, 0.15) is 35.1 Å². The third kappa shape index (κ3) is 4.10. The molecule has 1 heterocycles. The van der Waals surface area contributed by atoms with Gasteiger partial charge < -0.3 is 15.2 Å². The molecule has 0 saturated carbocycles. The highest BCUT2D eigenvalue weighted by atomic mass is 32.2. The summed E-state index contributed by atoms with van der Waals surface area (Å²) in [6.45, 7) is 0.0244. The summed E-state index contributed by atoms with van der Waals surface area (Å²) >= 11 is 0. The highest BCUT2D eigenvalue weighted by Crippen LogP contribution is 2.50. The number of aliphatic hydroxyl groups is 1. The third-order valence-electron chi connectivity index (χ3n) is 6.51. The Labute approximate surface area is 194 Å². The van der Waals surface area contributed by atoms with E-state index in [2.05, 4.69) is 34.3 Å². The number of sulfonamides is 1. The van der Waals surface area contributed by atoms with Gasteiger partial charge in [0.2, 0.25) is 0 Å². The molecule has 1 aliphatic heterocycles. The van der Waals surface area contributed by atoms with E-state index in [1.165, 1.54) is 0 Å². The van der Waals surface area contributed by atoms with Gasteiger partial charge in [-0.3, -0.25) is 4.72 Å². The topological polar surface area (TPSA) is 87.7 Å². The number of allylic oxidation sites excluding steroid dienone is 2. The molecule has 170 valence electrons. The Balaban J connectivity index is 1.44. The molecule has 0 unspecified atom stereocenters. The fraction of sp³-hybridized carbons (Fsp3) is 0.231. The van der Waals surface area contributed by atoms with Crippen LogP contribution in [0.5, 0.6) is 5.75 Å². The standard InChI is InChI=1S/C26H26N2O4S/c1-32-20-11-9-19(10-12-20)28-33(30,31)21-13-14-25-24(15-21)22-3-2-4-23(22)26(27-25)18-7-5-17(16-29)6-8-18/h2-3,5-15,22-23,26-29H,4,16H2,1H3/t22-,23+,26+/m0/s1. The molecule has 3 aromatic rings. The first-order valence-corrected chi connectivity index (χ1v) is 12.4. The van der Waals surface area contributed by atoms with Crippen molar-refractivity contribution in [2.24, 2.45) is 5.92 Å². The van der Waals surface area contributed by atoms with Crippen LogP contribution in [0.2, 0.25) is 0 Å². The maximum absolute atomic E-state index is 13.1. The number of hydrogen-bond acceptors (Lipinski definition) is 5. The number of ether oxygens (including phenoxy) is 1. The lowest BCUT2D eigenvalue weighted by Crippen LogP contribution is -2.29. The Morgan fingerprint density at radius 1 is 1.06 bits per heavy atom. The summed E-state index contributed by atoms with van der Waals surface area (Å²) in [5.41, 5.74) is 4.47. The first-order valence-electron chi connectivity index (χ1n) is 10.9. The Bertz CT molecular complexity index is 1280. The predicted molar refractivity (Wildman–Crippen MR) is 129 cm³/mol. The molecule has 0 aromatic heterocycles. The van der Waals surface area contributed by atoms with Gasteiger partial charge in [0.05, 0.1) is 24.7 Å². The second-order valence-electron chi connectivity index (χ2n) is 8.46. The van der Waals surface area contributed by atoms with Gasteiger partial charge in [0.25, 0.3) is 10.0 Å². The molecule has 0 bridgehead atoms. The normalized spacial score (nSPS) is 21.1. The van der Waals surface area contributed by atoms with Crippen molar-refractivity contribution in [1.29, 1.82) is 0 Å². The zero-order chi connectivity index (χ0) is 23.0. The van der Waals surface area contributed by atoms with E-state index in [1.54, 1.807) is 43.5 Å². The van der Waals surface area contributed by atoms with Crippen LogP contribution in [0.15, 0.2) is 83.8 Å². The highest BCUT2D eigenvalue weighted by molar-refractivity contribution is 7.92. The number of rotatable bonds is 6. The van der Waals surface area contributed by atoms with Gasteiger partial charge in [-0.25, -0.2) is 8.42 Å². The van der Waals surface area contributed by atoms with Gasteiger partial charge in [0, 0.05) is 17.3 Å². The monoisotopic (exact) mass is 462 g/mol. The minimum atomic E-state index is -3.73. The molecule has 1 aliphatic carbocycles. The van der Waals surface area contributed by atoms with Crippen molar-refractivity contribution in [3.63, 3.8) is 0 Å². The van der Waals surface area contributed by atoms with E-state index in [1.807, 2.05) is 18.2 Å². The molecule has 3 atom stereocenters. The summed E-state index contributed by atoms with van der Waals surface area (Å²) in [5.74, 6) is 1.10. The fourth-order valence-corrected chi connectivity index (χ4v) is 5.87. The second kappa shape index (κ2) is 8.57. The van der Waals surface area contributed by atoms with Crippen LogP contribution in [-0.2, 0) is 16.6 Å². The van der Waals surface area contributed by atoms with Gasteiger partial charge in [-0.2, -0.15) is 0 Å². The molecule has 33 heavy (non-hydrogen) atoms. The minimum absolute atomic E-state index is 0.0244. The van der Waals surface area contributed by atoms with Gasteiger partial charge >= 0.3 is 0 Å². The Morgan fingerprint density at radius 3 is 2.52 bits per heavy atom. The molecule has 0 radical (unpaired) electrons. The number of hydrogen-bond donors (Lipinski definition) is 3. The Hall–Kier alpha value is -3.29. The molecular weight excluding hydrogens is 436 g/mol. The van der Waals surface area contributed by atoms with Crippen LogP contribution in [0.25, 0.3) is 0 Å². The lowest BCUT2D eigenvalue weighted by atomic mass is 9.77. The van der Waals surface area contributed by atoms with E-state index in [-0.39, 0.29) is 23.5 Å². The number of methoxy groups -OCH3 is 1. The van der Waals surface area contributed by atoms with E-state index in [4.69, 9.17) is 4.74 Å². The summed E-state index contributed by atoms with van der Waals surface area (Å²) in [5, 5.41) is 13.0. The van der Waals surface area contributed by atoms with Crippen molar-refractivity contribution < 1.29 is 18.3 Å². The van der Waals surface area contributed by atoms with Gasteiger partial charge in [-0.05, 0) is 71.5 Å². The summed E-state index contributed by atoms with van der Waals surface area (Å²) in [7, 11) is -2.17. The maximum Gasteiger partial charge on any atom is 0.261 e. The van der Waals surface area contributed by atoms with Crippen molar-refractivity contribution in [1.82, 2.24) is 0 Å². The largest absolute Gasteiger partial charge is 0.497 e. The number of fused-ring (bicyclic) bond motifs is 3. The average molecular weight is 463 g/mol. The molecule has 0 fully saturated rings. The number of aliphatic hydroxyl groups excluding tert-OH is 1. The van der Waals surface area contributed by atoms with Gasteiger partial charge in [0.15, 0.2) is 0 Å². The van der Waals surface area contributed by atoms with E-state index in [9.17, 15) is 13.5 Å². The van der Waals surface area contributed by atoms with E-state index >= 15 is 0 Å². The summed E-state index contributed by atoms with van der Waals surface area (Å²) < 4.78 is 34.0. The molecule has 5 rings (SSSR count). The molecule has 3 aromatic carbocycles. The van der Waals surface area contributed by atoms with Crippen LogP contribution in [0.4, 0.5) is 11.4 Å². The zero-order valence-electron chi connectivity index (χ0n) is 18.2. The van der Waals surface area contributed by atoms with Crippen LogP contribution >= 0.6 is 0 Å². The van der Waals surface area contributed by atoms with Crippen molar-refractivity contribution in [2.75, 3.05) is 17.1 Å². The molecule has 0 saturated heterocycles. The third-order valence-corrected chi connectivity index (χ3v) is 7.89. The fourth-order valence-electron chi connectivity index (χ4n) is 4.77. The molecule has 2 aliphatic rings. The molecule has 6 nitrogen and oxygen atoms in total. The molecule has 0 spiro atoms. The smallest absolute Gasteiger partial charge is 0.261 e. The maximum atomic E-state index is 13.1. The van der Waals surface area contributed by atoms with Crippen molar-refractivity contribution in [3.05, 3.63) is 95.6 Å². The summed E-state index contributed by atoms with van der Waals surface area (Å²) in [6.07, 6.45) is 5.29. The highest BCUT2D eigenvalue weighted by Gasteiger charge is 2.38. The van der Waals surface area contributed by atoms with Crippen LogP contribution < -0.4 is 14.8 Å². The average Bonchev–Trinajstić information content (AvgIpc) is 3.34. The SMILES string of the molecule is COc1ccc(NS(=O)(=O)c2ccc3c(c2)[C@H]2C=CC[C@H]2[C@@H](c2ccc(CO)cc2)N3)cc1. The zero-order valence-corrected chi connectivity index (χ0v) is 19.0. The first-order chi connectivity index (χ1) is 16.0. The summed E-state index contributed by atoms with van der Waals surface area (Å²) in [4.78, 5) is 0.240. The van der Waals surface area contributed by atoms with Gasteiger partial charge in [-0.1, -0.05) is 36.4 Å². The molecule has 3 N–H and O–H groups in total. The number of nitrogens with one attached hydrogen (secondary N) is 2. The predicted octanol–water partition coefficient (Wildman–Crippen LogP) is 4.81. The Morgan fingerprint density at radius 2 is 1.82 bits per heavy atom. The van der Waals surface area contributed by atoms with E-state index < -0.39 is 10.0 Å². The molecule has 0 amide bonds. The van der Waals surface area contributed by atoms with Crippen molar-refractivity contribution in [2.45, 2.75) is 29.9 Å². The second-order valence-corrected chi connectivity index (χ2v) is 10.1. The van der Waals surface area contributed by atoms with Crippen molar-refractivity contribution in [3.8, 4) is 5.75 Å². The van der Waals surface area contributed by atoms with Crippen molar-refractivity contribution >= 4 is 21.4 Å². The molecule has 7 heteroatoms.